The molecule has 3 heterocycles. The number of fused-ring (bicyclic) bond motifs is 1. The highest BCUT2D eigenvalue weighted by Crippen LogP contribution is 2.42. The van der Waals surface area contributed by atoms with Gasteiger partial charge in [0.15, 0.2) is 5.65 Å². The maximum absolute atomic E-state index is 12.3. The fourth-order valence-electron chi connectivity index (χ4n) is 3.69. The minimum absolute atomic E-state index is 0.177. The van der Waals surface area contributed by atoms with E-state index in [0.717, 1.165) is 29.5 Å². The van der Waals surface area contributed by atoms with Crippen LogP contribution in [0, 0.1) is 5.92 Å². The summed E-state index contributed by atoms with van der Waals surface area (Å²) in [5.74, 6) is 2.17. The number of hydrogen-bond donors (Lipinski definition) is 1. The highest BCUT2D eigenvalue weighted by Gasteiger charge is 2.32. The van der Waals surface area contributed by atoms with Gasteiger partial charge in [-0.1, -0.05) is 6.92 Å². The molecule has 2 fully saturated rings. The van der Waals surface area contributed by atoms with Crippen LogP contribution >= 0.6 is 0 Å². The van der Waals surface area contributed by atoms with Crippen molar-refractivity contribution in [3.63, 3.8) is 0 Å². The van der Waals surface area contributed by atoms with Gasteiger partial charge in [-0.05, 0) is 46.0 Å². The van der Waals surface area contributed by atoms with Gasteiger partial charge in [-0.15, -0.1) is 0 Å². The first-order chi connectivity index (χ1) is 12.8. The molecular weight excluding hydrogens is 342 g/mol. The molecule has 0 radical (unpaired) electrons. The molecule has 2 aromatic rings. The summed E-state index contributed by atoms with van der Waals surface area (Å²) in [5, 5.41) is 7.99. The minimum atomic E-state index is -0.469. The van der Waals surface area contributed by atoms with E-state index in [2.05, 4.69) is 23.4 Å². The van der Waals surface area contributed by atoms with Gasteiger partial charge in [0.25, 0.3) is 0 Å². The number of nitrogens with zero attached hydrogens (tertiary/aromatic N) is 4. The third-order valence-corrected chi connectivity index (χ3v) is 5.37. The number of rotatable bonds is 4. The number of amides is 1. The van der Waals surface area contributed by atoms with Crippen LogP contribution in [-0.4, -0.2) is 50.3 Å². The summed E-state index contributed by atoms with van der Waals surface area (Å²) < 4.78 is 7.34. The minimum Gasteiger partial charge on any atom is -0.444 e. The lowest BCUT2D eigenvalue weighted by Gasteiger charge is -2.24. The van der Waals surface area contributed by atoms with E-state index in [0.29, 0.717) is 19.0 Å². The Morgan fingerprint density at radius 2 is 2.11 bits per heavy atom. The first kappa shape index (κ1) is 18.1. The molecule has 1 aliphatic heterocycles. The van der Waals surface area contributed by atoms with Crippen LogP contribution in [0.25, 0.3) is 5.65 Å². The topological polar surface area (TPSA) is 71.8 Å². The Morgan fingerprint density at radius 1 is 1.33 bits per heavy atom. The summed E-state index contributed by atoms with van der Waals surface area (Å²) in [6.07, 6.45) is 5.01. The Kier molecular flexibility index (Phi) is 4.48. The van der Waals surface area contributed by atoms with E-state index in [-0.39, 0.29) is 12.1 Å². The monoisotopic (exact) mass is 371 g/mol. The predicted octanol–water partition coefficient (Wildman–Crippen LogP) is 3.66. The van der Waals surface area contributed by atoms with Crippen LogP contribution in [0.3, 0.4) is 0 Å². The lowest BCUT2D eigenvalue weighted by Crippen LogP contribution is -2.36. The average molecular weight is 371 g/mol. The van der Waals surface area contributed by atoms with Crippen LogP contribution in [0.2, 0.25) is 0 Å². The van der Waals surface area contributed by atoms with Crippen LogP contribution < -0.4 is 5.32 Å². The molecule has 146 valence electrons. The molecule has 2 unspecified atom stereocenters. The lowest BCUT2D eigenvalue weighted by molar-refractivity contribution is 0.0293. The molecule has 7 nitrogen and oxygen atoms in total. The molecule has 2 aromatic heterocycles. The molecule has 7 heteroatoms. The van der Waals surface area contributed by atoms with Crippen LogP contribution in [0.1, 0.15) is 58.6 Å². The Hall–Kier alpha value is -2.31. The number of carbonyl (C=O) groups is 1. The summed E-state index contributed by atoms with van der Waals surface area (Å²) in [7, 11) is 0. The van der Waals surface area contributed by atoms with E-state index in [9.17, 15) is 4.79 Å². The Balaban J connectivity index is 1.48. The van der Waals surface area contributed by atoms with Crippen LogP contribution in [0.4, 0.5) is 10.6 Å². The van der Waals surface area contributed by atoms with E-state index < -0.39 is 5.60 Å². The Labute approximate surface area is 160 Å². The second kappa shape index (κ2) is 6.69. The first-order valence-electron chi connectivity index (χ1n) is 9.89. The normalized spacial score (nSPS) is 21.5. The summed E-state index contributed by atoms with van der Waals surface area (Å²) in [6.45, 7) is 9.27. The highest BCUT2D eigenvalue weighted by atomic mass is 16.6. The fourth-order valence-corrected chi connectivity index (χ4v) is 3.69. The van der Waals surface area contributed by atoms with Gasteiger partial charge >= 0.3 is 6.09 Å². The SMILES string of the molecule is CC(c1cc(NC2CCN(C(=O)OC(C)(C)C)C2)n2nccc2n1)C1CC1. The van der Waals surface area contributed by atoms with Crippen molar-refractivity contribution in [2.45, 2.75) is 64.5 Å². The molecule has 1 saturated carbocycles. The number of ether oxygens (including phenoxy) is 1. The third kappa shape index (κ3) is 4.01. The zero-order chi connectivity index (χ0) is 19.2. The van der Waals surface area contributed by atoms with Crippen molar-refractivity contribution >= 4 is 17.6 Å². The van der Waals surface area contributed by atoms with Crippen molar-refractivity contribution in [2.24, 2.45) is 5.92 Å². The van der Waals surface area contributed by atoms with Crippen LogP contribution in [0.15, 0.2) is 18.3 Å². The van der Waals surface area contributed by atoms with Gasteiger partial charge in [-0.25, -0.2) is 9.78 Å². The number of carbonyl (C=O) groups excluding carboxylic acids is 1. The number of nitrogens with one attached hydrogen (secondary N) is 1. The highest BCUT2D eigenvalue weighted by molar-refractivity contribution is 5.68. The Bertz CT molecular complexity index is 836. The zero-order valence-corrected chi connectivity index (χ0v) is 16.6. The molecule has 27 heavy (non-hydrogen) atoms. The largest absolute Gasteiger partial charge is 0.444 e. The van der Waals surface area contributed by atoms with Crippen molar-refractivity contribution in [1.29, 1.82) is 0 Å². The lowest BCUT2D eigenvalue weighted by atomic mass is 10.0. The second-order valence-electron chi connectivity index (χ2n) is 8.85. The molecule has 0 aromatic carbocycles. The van der Waals surface area contributed by atoms with Gasteiger partial charge < -0.3 is 15.0 Å². The maximum atomic E-state index is 12.3. The van der Waals surface area contributed by atoms with Crippen LogP contribution in [-0.2, 0) is 4.74 Å². The molecule has 0 spiro atoms. The second-order valence-corrected chi connectivity index (χ2v) is 8.85. The zero-order valence-electron chi connectivity index (χ0n) is 16.6. The van der Waals surface area contributed by atoms with E-state index in [1.54, 1.807) is 11.1 Å². The van der Waals surface area contributed by atoms with Crippen molar-refractivity contribution in [3.8, 4) is 0 Å². The van der Waals surface area contributed by atoms with Crippen molar-refractivity contribution in [2.75, 3.05) is 18.4 Å². The average Bonchev–Trinajstić information content (AvgIpc) is 3.13. The summed E-state index contributed by atoms with van der Waals surface area (Å²) in [6, 6.07) is 4.24. The maximum Gasteiger partial charge on any atom is 0.410 e. The summed E-state index contributed by atoms with van der Waals surface area (Å²) in [5.41, 5.74) is 1.52. The fraction of sp³-hybridized carbons (Fsp3) is 0.650. The van der Waals surface area contributed by atoms with Crippen molar-refractivity contribution in [1.82, 2.24) is 19.5 Å². The quantitative estimate of drug-likeness (QED) is 0.888. The van der Waals surface area contributed by atoms with Gasteiger partial charge in [-0.2, -0.15) is 9.61 Å². The number of likely N-dealkylation sites (tertiary alicyclic amines) is 1. The molecule has 1 N–H and O–H groups in total. The third-order valence-electron chi connectivity index (χ3n) is 5.37. The van der Waals surface area contributed by atoms with Gasteiger partial charge in [0.05, 0.1) is 6.20 Å². The van der Waals surface area contributed by atoms with Crippen LogP contribution in [0.5, 0.6) is 0 Å². The predicted molar refractivity (Wildman–Crippen MR) is 104 cm³/mol. The van der Waals surface area contributed by atoms with E-state index in [1.807, 2.05) is 31.4 Å². The summed E-state index contributed by atoms with van der Waals surface area (Å²) in [4.78, 5) is 18.9. The van der Waals surface area contributed by atoms with Gasteiger partial charge in [0.2, 0.25) is 0 Å². The molecule has 2 aliphatic rings. The van der Waals surface area contributed by atoms with Gasteiger partial charge in [0, 0.05) is 42.9 Å². The molecular formula is C20H29N5O2. The molecule has 4 rings (SSSR count). The standard InChI is InChI=1S/C20H29N5O2/c1-13(14-5-6-14)16-11-18(25-17(23-16)7-9-21-25)22-15-8-10-24(12-15)19(26)27-20(2,3)4/h7,9,11,13-15,22H,5-6,8,10,12H2,1-4H3. The number of aromatic nitrogens is 3. The molecule has 1 saturated heterocycles. The molecule has 1 amide bonds. The number of anilines is 1. The molecule has 2 atom stereocenters. The van der Waals surface area contributed by atoms with Gasteiger partial charge in [-0.3, -0.25) is 0 Å². The molecule has 1 aliphatic carbocycles. The van der Waals surface area contributed by atoms with E-state index in [1.165, 1.54) is 12.8 Å². The first-order valence-corrected chi connectivity index (χ1v) is 9.89. The number of hydrogen-bond acceptors (Lipinski definition) is 5. The smallest absolute Gasteiger partial charge is 0.410 e. The van der Waals surface area contributed by atoms with Gasteiger partial charge in [0.1, 0.15) is 11.4 Å². The summed E-state index contributed by atoms with van der Waals surface area (Å²) >= 11 is 0. The Morgan fingerprint density at radius 3 is 2.81 bits per heavy atom. The van der Waals surface area contributed by atoms with Crippen molar-refractivity contribution < 1.29 is 9.53 Å². The van der Waals surface area contributed by atoms with E-state index in [4.69, 9.17) is 9.72 Å². The van der Waals surface area contributed by atoms with E-state index >= 15 is 0 Å². The van der Waals surface area contributed by atoms with Crippen molar-refractivity contribution in [3.05, 3.63) is 24.0 Å². The molecule has 0 bridgehead atoms.